The molecule has 2 aromatic carbocycles. The summed E-state index contributed by atoms with van der Waals surface area (Å²) < 4.78 is 0. The Hall–Kier alpha value is -1.26. The molecular formula is C12H10O2S2. The summed E-state index contributed by atoms with van der Waals surface area (Å²) in [5.74, 6) is -0.352. The van der Waals surface area contributed by atoms with Gasteiger partial charge in [0.1, 0.15) is 0 Å². The van der Waals surface area contributed by atoms with Crippen LogP contribution >= 0.6 is 25.3 Å². The van der Waals surface area contributed by atoms with Crippen molar-refractivity contribution in [3.63, 3.8) is 0 Å². The molecule has 0 bridgehead atoms. The second-order valence-corrected chi connectivity index (χ2v) is 4.37. The molecule has 82 valence electrons. The van der Waals surface area contributed by atoms with Crippen LogP contribution in [0.1, 0.15) is 0 Å². The van der Waals surface area contributed by atoms with E-state index in [0.717, 1.165) is 10.5 Å². The van der Waals surface area contributed by atoms with E-state index in [4.69, 9.17) is 0 Å². The highest BCUT2D eigenvalue weighted by Crippen LogP contribution is 2.40. The number of phenolic OH excluding ortho intramolecular Hbond substituents is 2. The van der Waals surface area contributed by atoms with Crippen molar-refractivity contribution >= 4 is 25.3 Å². The van der Waals surface area contributed by atoms with Crippen LogP contribution in [0.3, 0.4) is 0 Å². The van der Waals surface area contributed by atoms with E-state index in [1.165, 1.54) is 0 Å². The Labute approximate surface area is 104 Å². The molecule has 0 fully saturated rings. The van der Waals surface area contributed by atoms with E-state index in [-0.39, 0.29) is 11.5 Å². The molecule has 2 rings (SSSR count). The van der Waals surface area contributed by atoms with E-state index >= 15 is 0 Å². The molecule has 0 spiro atoms. The lowest BCUT2D eigenvalue weighted by molar-refractivity contribution is 0.396. The molecule has 0 aliphatic heterocycles. The second-order valence-electron chi connectivity index (χ2n) is 3.38. The Kier molecular flexibility index (Phi) is 3.03. The van der Waals surface area contributed by atoms with Crippen molar-refractivity contribution in [1.29, 1.82) is 0 Å². The van der Waals surface area contributed by atoms with Crippen LogP contribution in [0.5, 0.6) is 11.5 Å². The van der Waals surface area contributed by atoms with Crippen molar-refractivity contribution in [3.8, 4) is 22.6 Å². The highest BCUT2D eigenvalue weighted by molar-refractivity contribution is 7.80. The summed E-state index contributed by atoms with van der Waals surface area (Å²) in [6, 6.07) is 10.7. The van der Waals surface area contributed by atoms with E-state index in [0.29, 0.717) is 10.5 Å². The Balaban J connectivity index is 2.57. The smallest absolute Gasteiger partial charge is 0.171 e. The van der Waals surface area contributed by atoms with Crippen molar-refractivity contribution in [1.82, 2.24) is 0 Å². The summed E-state index contributed by atoms with van der Waals surface area (Å²) in [7, 11) is 0. The number of hydrogen-bond donors (Lipinski definition) is 4. The topological polar surface area (TPSA) is 40.5 Å². The van der Waals surface area contributed by atoms with Gasteiger partial charge >= 0.3 is 0 Å². The maximum absolute atomic E-state index is 9.78. The van der Waals surface area contributed by atoms with Crippen LogP contribution < -0.4 is 0 Å². The number of rotatable bonds is 1. The van der Waals surface area contributed by atoms with E-state index in [1.54, 1.807) is 12.1 Å². The van der Waals surface area contributed by atoms with Gasteiger partial charge in [-0.05, 0) is 29.8 Å². The molecule has 0 saturated heterocycles. The molecule has 4 heteroatoms. The lowest BCUT2D eigenvalue weighted by atomic mass is 10.0. The minimum atomic E-state index is -0.198. The molecule has 0 radical (unpaired) electrons. The second kappa shape index (κ2) is 4.31. The van der Waals surface area contributed by atoms with Gasteiger partial charge in [0.15, 0.2) is 11.5 Å². The van der Waals surface area contributed by atoms with Crippen molar-refractivity contribution in [2.45, 2.75) is 9.79 Å². The van der Waals surface area contributed by atoms with E-state index in [9.17, 15) is 10.2 Å². The van der Waals surface area contributed by atoms with Gasteiger partial charge in [0.05, 0.1) is 0 Å². The maximum atomic E-state index is 9.78. The fourth-order valence-electron chi connectivity index (χ4n) is 1.44. The van der Waals surface area contributed by atoms with Crippen molar-refractivity contribution in [2.24, 2.45) is 0 Å². The number of benzene rings is 2. The quantitative estimate of drug-likeness (QED) is 0.463. The first-order valence-electron chi connectivity index (χ1n) is 4.63. The summed E-state index contributed by atoms with van der Waals surface area (Å²) in [5.41, 5.74) is 1.39. The molecule has 0 aromatic heterocycles. The molecule has 2 N–H and O–H groups in total. The van der Waals surface area contributed by atoms with E-state index in [1.807, 2.05) is 24.3 Å². The van der Waals surface area contributed by atoms with Gasteiger partial charge in [0.2, 0.25) is 0 Å². The van der Waals surface area contributed by atoms with Crippen LogP contribution in [0.2, 0.25) is 0 Å². The third kappa shape index (κ3) is 1.99. The zero-order chi connectivity index (χ0) is 11.7. The van der Waals surface area contributed by atoms with Crippen LogP contribution in [0.25, 0.3) is 11.1 Å². The fraction of sp³-hybridized carbons (Fsp3) is 0. The lowest BCUT2D eigenvalue weighted by Gasteiger charge is -2.08. The number of hydrogen-bond acceptors (Lipinski definition) is 4. The van der Waals surface area contributed by atoms with E-state index < -0.39 is 0 Å². The molecule has 0 saturated carbocycles. The molecule has 0 aliphatic rings. The Morgan fingerprint density at radius 1 is 0.750 bits per heavy atom. The Morgan fingerprint density at radius 2 is 1.38 bits per heavy atom. The SMILES string of the molecule is Oc1c(S)ccc(-c2ccc(S)cc2)c1O. The van der Waals surface area contributed by atoms with Crippen LogP contribution in [-0.2, 0) is 0 Å². The average molecular weight is 250 g/mol. The van der Waals surface area contributed by atoms with Crippen LogP contribution in [0, 0.1) is 0 Å². The first-order chi connectivity index (χ1) is 7.59. The number of phenols is 2. The van der Waals surface area contributed by atoms with Crippen molar-refractivity contribution in [3.05, 3.63) is 36.4 Å². The van der Waals surface area contributed by atoms with Crippen LogP contribution in [0.4, 0.5) is 0 Å². The molecule has 16 heavy (non-hydrogen) atoms. The first-order valence-corrected chi connectivity index (χ1v) is 5.52. The van der Waals surface area contributed by atoms with Gasteiger partial charge in [-0.3, -0.25) is 0 Å². The molecule has 2 aromatic rings. The van der Waals surface area contributed by atoms with Gasteiger partial charge in [0.25, 0.3) is 0 Å². The van der Waals surface area contributed by atoms with Crippen LogP contribution in [-0.4, -0.2) is 10.2 Å². The van der Waals surface area contributed by atoms with Gasteiger partial charge in [-0.15, -0.1) is 25.3 Å². The molecular weight excluding hydrogens is 240 g/mol. The molecule has 0 unspecified atom stereocenters. The summed E-state index contributed by atoms with van der Waals surface area (Å²) in [5, 5.41) is 19.3. The van der Waals surface area contributed by atoms with Gasteiger partial charge in [-0.1, -0.05) is 12.1 Å². The zero-order valence-electron chi connectivity index (χ0n) is 8.25. The van der Waals surface area contributed by atoms with Gasteiger partial charge < -0.3 is 10.2 Å². The van der Waals surface area contributed by atoms with Gasteiger partial charge in [-0.25, -0.2) is 0 Å². The van der Waals surface area contributed by atoms with Crippen molar-refractivity contribution in [2.75, 3.05) is 0 Å². The fourth-order valence-corrected chi connectivity index (χ4v) is 1.77. The highest BCUT2D eigenvalue weighted by atomic mass is 32.1. The largest absolute Gasteiger partial charge is 0.504 e. The number of thiol groups is 2. The van der Waals surface area contributed by atoms with Crippen LogP contribution in [0.15, 0.2) is 46.2 Å². The van der Waals surface area contributed by atoms with E-state index in [2.05, 4.69) is 25.3 Å². The number of aromatic hydroxyl groups is 2. The molecule has 0 aliphatic carbocycles. The minimum Gasteiger partial charge on any atom is -0.504 e. The van der Waals surface area contributed by atoms with Gasteiger partial charge in [0, 0.05) is 15.4 Å². The standard InChI is InChI=1S/C12H10O2S2/c13-11-9(5-6-10(16)12(11)14)7-1-3-8(15)4-2-7/h1-6,13-16H. The molecule has 0 atom stereocenters. The summed E-state index contributed by atoms with van der Waals surface area (Å²) in [6.07, 6.45) is 0. The Morgan fingerprint density at radius 3 is 2.00 bits per heavy atom. The van der Waals surface area contributed by atoms with Crippen molar-refractivity contribution < 1.29 is 10.2 Å². The molecule has 0 heterocycles. The minimum absolute atomic E-state index is 0.153. The highest BCUT2D eigenvalue weighted by Gasteiger charge is 2.10. The predicted molar refractivity (Wildman–Crippen MR) is 69.7 cm³/mol. The maximum Gasteiger partial charge on any atom is 0.171 e. The first kappa shape index (κ1) is 11.2. The third-order valence-corrected chi connectivity index (χ3v) is 2.97. The zero-order valence-corrected chi connectivity index (χ0v) is 10.0. The Bertz CT molecular complexity index is 521. The average Bonchev–Trinajstić information content (AvgIpc) is 2.28. The molecule has 0 amide bonds. The lowest BCUT2D eigenvalue weighted by Crippen LogP contribution is -1.81. The summed E-state index contributed by atoms with van der Waals surface area (Å²) in [4.78, 5) is 1.20. The summed E-state index contributed by atoms with van der Waals surface area (Å²) >= 11 is 8.20. The monoisotopic (exact) mass is 250 g/mol. The molecule has 2 nitrogen and oxygen atoms in total. The predicted octanol–water partition coefficient (Wildman–Crippen LogP) is 3.34. The summed E-state index contributed by atoms with van der Waals surface area (Å²) in [6.45, 7) is 0. The van der Waals surface area contributed by atoms with Gasteiger partial charge in [-0.2, -0.15) is 0 Å². The normalized spacial score (nSPS) is 10.4. The third-order valence-electron chi connectivity index (χ3n) is 2.31.